The number of fused-ring (bicyclic) bond motifs is 1. The van der Waals surface area contributed by atoms with Gasteiger partial charge in [0, 0.05) is 17.2 Å². The van der Waals surface area contributed by atoms with Crippen molar-refractivity contribution < 1.29 is 9.84 Å². The average molecular weight is 431 g/mol. The number of rotatable bonds is 7. The molecule has 0 bridgehead atoms. The van der Waals surface area contributed by atoms with Crippen LogP contribution in [0.4, 0.5) is 0 Å². The van der Waals surface area contributed by atoms with Gasteiger partial charge in [-0.15, -0.1) is 11.3 Å². The molecule has 0 amide bonds. The van der Waals surface area contributed by atoms with Gasteiger partial charge in [0.15, 0.2) is 5.16 Å². The SMILES string of the molecule is CCc1c(C)sc2nc(SC[C@H](O)c3ccccc3)n(C[C@@H]3CCCO3)c(=O)c12. The average Bonchev–Trinajstić information content (AvgIpc) is 3.36. The van der Waals surface area contributed by atoms with Crippen LogP contribution in [0.1, 0.15) is 41.9 Å². The summed E-state index contributed by atoms with van der Waals surface area (Å²) in [5, 5.41) is 12.0. The number of ether oxygens (including phenoxy) is 1. The van der Waals surface area contributed by atoms with Gasteiger partial charge in [0.05, 0.1) is 24.1 Å². The maximum absolute atomic E-state index is 13.4. The Labute approximate surface area is 178 Å². The molecule has 1 aromatic carbocycles. The van der Waals surface area contributed by atoms with Crippen molar-refractivity contribution in [1.82, 2.24) is 9.55 Å². The van der Waals surface area contributed by atoms with Crippen molar-refractivity contribution in [3.05, 3.63) is 56.7 Å². The molecular formula is C22H26N2O3S2. The number of hydrogen-bond acceptors (Lipinski definition) is 6. The van der Waals surface area contributed by atoms with Gasteiger partial charge in [-0.25, -0.2) is 4.98 Å². The number of thiophene rings is 1. The van der Waals surface area contributed by atoms with Crippen LogP contribution in [0.3, 0.4) is 0 Å². The predicted molar refractivity (Wildman–Crippen MR) is 119 cm³/mol. The summed E-state index contributed by atoms with van der Waals surface area (Å²) in [6, 6.07) is 9.60. The number of nitrogens with zero attached hydrogens (tertiary/aromatic N) is 2. The molecule has 3 heterocycles. The molecule has 29 heavy (non-hydrogen) atoms. The second-order valence-electron chi connectivity index (χ2n) is 7.35. The molecule has 3 aromatic rings. The van der Waals surface area contributed by atoms with Crippen molar-refractivity contribution in [2.24, 2.45) is 0 Å². The summed E-state index contributed by atoms with van der Waals surface area (Å²) in [6.45, 7) is 5.41. The molecule has 1 aliphatic heterocycles. The summed E-state index contributed by atoms with van der Waals surface area (Å²) < 4.78 is 7.56. The monoisotopic (exact) mass is 430 g/mol. The number of aliphatic hydroxyl groups is 1. The van der Waals surface area contributed by atoms with Crippen LogP contribution < -0.4 is 5.56 Å². The van der Waals surface area contributed by atoms with Crippen LogP contribution in [0, 0.1) is 6.92 Å². The van der Waals surface area contributed by atoms with E-state index < -0.39 is 6.10 Å². The third-order valence-electron chi connectivity index (χ3n) is 5.40. The highest BCUT2D eigenvalue weighted by Crippen LogP contribution is 2.31. The highest BCUT2D eigenvalue weighted by atomic mass is 32.2. The number of thioether (sulfide) groups is 1. The first-order chi connectivity index (χ1) is 14.1. The van der Waals surface area contributed by atoms with Gasteiger partial charge in [0.25, 0.3) is 5.56 Å². The Hall–Kier alpha value is -1.67. The first kappa shape index (κ1) is 20.6. The third kappa shape index (κ3) is 4.28. The minimum absolute atomic E-state index is 0.0170. The van der Waals surface area contributed by atoms with E-state index in [4.69, 9.17) is 9.72 Å². The fraction of sp³-hybridized carbons (Fsp3) is 0.455. The van der Waals surface area contributed by atoms with Crippen LogP contribution in [0.5, 0.6) is 0 Å². The van der Waals surface area contributed by atoms with Gasteiger partial charge in [-0.1, -0.05) is 49.0 Å². The van der Waals surface area contributed by atoms with Crippen molar-refractivity contribution in [2.75, 3.05) is 12.4 Å². The number of hydrogen-bond donors (Lipinski definition) is 1. The zero-order valence-corrected chi connectivity index (χ0v) is 18.4. The Balaban J connectivity index is 1.69. The highest BCUT2D eigenvalue weighted by Gasteiger charge is 2.23. The second-order valence-corrected chi connectivity index (χ2v) is 9.54. The van der Waals surface area contributed by atoms with E-state index in [1.807, 2.05) is 30.3 Å². The fourth-order valence-corrected chi connectivity index (χ4v) is 5.98. The molecule has 2 atom stereocenters. The lowest BCUT2D eigenvalue weighted by molar-refractivity contribution is 0.0937. The third-order valence-corrected chi connectivity index (χ3v) is 7.49. The molecule has 0 aliphatic carbocycles. The Morgan fingerprint density at radius 2 is 2.17 bits per heavy atom. The van der Waals surface area contributed by atoms with E-state index in [1.54, 1.807) is 15.9 Å². The zero-order chi connectivity index (χ0) is 20.4. The van der Waals surface area contributed by atoms with Gasteiger partial charge in [0.2, 0.25) is 0 Å². The minimum Gasteiger partial charge on any atom is -0.388 e. The van der Waals surface area contributed by atoms with Crippen molar-refractivity contribution >= 4 is 33.3 Å². The standard InChI is InChI=1S/C22H26N2O3S2/c1-3-17-14(2)29-20-19(17)21(26)24(12-16-10-7-11-27-16)22(23-20)28-13-18(25)15-8-5-4-6-9-15/h4-6,8-9,16,18,25H,3,7,10-13H2,1-2H3/t16-,18-/m0/s1. The van der Waals surface area contributed by atoms with Gasteiger partial charge in [0.1, 0.15) is 4.83 Å². The number of aryl methyl sites for hydroxylation is 2. The van der Waals surface area contributed by atoms with Crippen LogP contribution in [-0.4, -0.2) is 33.1 Å². The van der Waals surface area contributed by atoms with Gasteiger partial charge in [-0.3, -0.25) is 9.36 Å². The van der Waals surface area contributed by atoms with Crippen LogP contribution >= 0.6 is 23.1 Å². The molecule has 0 spiro atoms. The zero-order valence-electron chi connectivity index (χ0n) is 16.8. The molecule has 5 nitrogen and oxygen atoms in total. The van der Waals surface area contributed by atoms with Gasteiger partial charge in [-0.2, -0.15) is 0 Å². The summed E-state index contributed by atoms with van der Waals surface area (Å²) in [6.07, 6.45) is 2.26. The van der Waals surface area contributed by atoms with Gasteiger partial charge in [-0.05, 0) is 37.3 Å². The van der Waals surface area contributed by atoms with Crippen molar-refractivity contribution in [1.29, 1.82) is 0 Å². The molecule has 0 unspecified atom stereocenters. The van der Waals surface area contributed by atoms with E-state index in [0.717, 1.165) is 52.1 Å². The molecule has 154 valence electrons. The Morgan fingerprint density at radius 1 is 1.38 bits per heavy atom. The topological polar surface area (TPSA) is 64.3 Å². The molecule has 1 saturated heterocycles. The lowest BCUT2D eigenvalue weighted by atomic mass is 10.1. The summed E-state index contributed by atoms with van der Waals surface area (Å²) in [7, 11) is 0. The number of aromatic nitrogens is 2. The van der Waals surface area contributed by atoms with Crippen molar-refractivity contribution in [2.45, 2.75) is 57.0 Å². The van der Waals surface area contributed by atoms with E-state index in [-0.39, 0.29) is 11.7 Å². The first-order valence-electron chi connectivity index (χ1n) is 10.1. The molecule has 1 aliphatic rings. The molecule has 1 N–H and O–H groups in total. The number of aliphatic hydroxyl groups excluding tert-OH is 1. The maximum atomic E-state index is 13.4. The molecular weight excluding hydrogens is 404 g/mol. The number of benzene rings is 1. The van der Waals surface area contributed by atoms with E-state index in [2.05, 4.69) is 13.8 Å². The van der Waals surface area contributed by atoms with Gasteiger partial charge >= 0.3 is 0 Å². The van der Waals surface area contributed by atoms with Crippen LogP contribution in [0.2, 0.25) is 0 Å². The van der Waals surface area contributed by atoms with Gasteiger partial charge < -0.3 is 9.84 Å². The van der Waals surface area contributed by atoms with Crippen molar-refractivity contribution in [3.63, 3.8) is 0 Å². The quantitative estimate of drug-likeness (QED) is 0.446. The summed E-state index contributed by atoms with van der Waals surface area (Å²) in [5.74, 6) is 0.443. The fourth-order valence-electron chi connectivity index (χ4n) is 3.84. The van der Waals surface area contributed by atoms with E-state index in [1.165, 1.54) is 11.8 Å². The molecule has 1 fully saturated rings. The molecule has 2 aromatic heterocycles. The highest BCUT2D eigenvalue weighted by molar-refractivity contribution is 7.99. The van der Waals surface area contributed by atoms with Crippen LogP contribution in [0.15, 0.2) is 40.3 Å². The van der Waals surface area contributed by atoms with Crippen LogP contribution in [0.25, 0.3) is 10.2 Å². The first-order valence-corrected chi connectivity index (χ1v) is 11.9. The second kappa shape index (κ2) is 9.00. The Morgan fingerprint density at radius 3 is 2.86 bits per heavy atom. The van der Waals surface area contributed by atoms with E-state index >= 15 is 0 Å². The molecule has 7 heteroatoms. The molecule has 4 rings (SSSR count). The smallest absolute Gasteiger partial charge is 0.263 e. The van der Waals surface area contributed by atoms with E-state index in [0.29, 0.717) is 17.5 Å². The summed E-state index contributed by atoms with van der Waals surface area (Å²) in [4.78, 5) is 20.2. The lowest BCUT2D eigenvalue weighted by Gasteiger charge is -2.17. The Bertz CT molecular complexity index is 1040. The lowest BCUT2D eigenvalue weighted by Crippen LogP contribution is -2.29. The maximum Gasteiger partial charge on any atom is 0.263 e. The predicted octanol–water partition coefficient (Wildman–Crippen LogP) is 4.33. The normalized spacial score (nSPS) is 17.8. The Kier molecular flexibility index (Phi) is 6.39. The summed E-state index contributed by atoms with van der Waals surface area (Å²) >= 11 is 3.02. The molecule has 0 saturated carbocycles. The van der Waals surface area contributed by atoms with E-state index in [9.17, 15) is 9.90 Å². The van der Waals surface area contributed by atoms with Crippen LogP contribution in [-0.2, 0) is 17.7 Å². The summed E-state index contributed by atoms with van der Waals surface area (Å²) in [5.41, 5.74) is 1.99. The molecule has 0 radical (unpaired) electrons. The minimum atomic E-state index is -0.610. The van der Waals surface area contributed by atoms with Crippen molar-refractivity contribution in [3.8, 4) is 0 Å². The largest absolute Gasteiger partial charge is 0.388 e.